The van der Waals surface area contributed by atoms with Gasteiger partial charge in [-0.1, -0.05) is 36.4 Å². The maximum absolute atomic E-state index is 12.5. The lowest BCUT2D eigenvalue weighted by Gasteiger charge is -2.27. The molecular formula is C19H18N4O2. The zero-order valence-electron chi connectivity index (χ0n) is 13.7. The van der Waals surface area contributed by atoms with E-state index in [4.69, 9.17) is 4.74 Å². The molecule has 0 atom stereocenters. The van der Waals surface area contributed by atoms with E-state index in [9.17, 15) is 4.79 Å². The fourth-order valence-electron chi connectivity index (χ4n) is 2.93. The summed E-state index contributed by atoms with van der Waals surface area (Å²) >= 11 is 0. The highest BCUT2D eigenvalue weighted by molar-refractivity contribution is 6.08. The van der Waals surface area contributed by atoms with Gasteiger partial charge in [0.1, 0.15) is 0 Å². The molecule has 6 heteroatoms. The van der Waals surface area contributed by atoms with Crippen molar-refractivity contribution in [3.05, 3.63) is 60.3 Å². The molecule has 0 radical (unpaired) electrons. The molecule has 1 fully saturated rings. The summed E-state index contributed by atoms with van der Waals surface area (Å²) in [4.78, 5) is 14.6. The number of nitrogens with one attached hydrogen (secondary N) is 1. The SMILES string of the molecule is O=C(Nc1cccc2ccccc12)c1ccc(N2CCOCC2)nn1. The summed E-state index contributed by atoms with van der Waals surface area (Å²) in [6.45, 7) is 2.95. The fourth-order valence-corrected chi connectivity index (χ4v) is 2.93. The van der Waals surface area contributed by atoms with Gasteiger partial charge in [0.2, 0.25) is 0 Å². The summed E-state index contributed by atoms with van der Waals surface area (Å²) in [6, 6.07) is 17.3. The smallest absolute Gasteiger partial charge is 0.276 e. The largest absolute Gasteiger partial charge is 0.378 e. The van der Waals surface area contributed by atoms with E-state index in [0.717, 1.165) is 35.4 Å². The highest BCUT2D eigenvalue weighted by Crippen LogP contribution is 2.23. The topological polar surface area (TPSA) is 67.4 Å². The maximum atomic E-state index is 12.5. The third-order valence-corrected chi connectivity index (χ3v) is 4.26. The van der Waals surface area contributed by atoms with Gasteiger partial charge in [-0.15, -0.1) is 10.2 Å². The molecule has 126 valence electrons. The molecular weight excluding hydrogens is 316 g/mol. The van der Waals surface area contributed by atoms with Crippen LogP contribution in [0.1, 0.15) is 10.5 Å². The molecule has 1 N–H and O–H groups in total. The minimum Gasteiger partial charge on any atom is -0.378 e. The Kier molecular flexibility index (Phi) is 4.26. The first-order chi connectivity index (χ1) is 12.3. The second-order valence-electron chi connectivity index (χ2n) is 5.86. The highest BCUT2D eigenvalue weighted by atomic mass is 16.5. The molecule has 2 aromatic carbocycles. The van der Waals surface area contributed by atoms with Crippen molar-refractivity contribution in [2.24, 2.45) is 0 Å². The molecule has 6 nitrogen and oxygen atoms in total. The highest BCUT2D eigenvalue weighted by Gasteiger charge is 2.15. The third-order valence-electron chi connectivity index (χ3n) is 4.26. The van der Waals surface area contributed by atoms with Gasteiger partial charge in [0.25, 0.3) is 5.91 Å². The first-order valence-corrected chi connectivity index (χ1v) is 8.27. The number of hydrogen-bond donors (Lipinski definition) is 1. The van der Waals surface area contributed by atoms with Gasteiger partial charge in [-0.25, -0.2) is 0 Å². The Balaban J connectivity index is 1.52. The number of nitrogens with zero attached hydrogens (tertiary/aromatic N) is 3. The summed E-state index contributed by atoms with van der Waals surface area (Å²) in [5.41, 5.74) is 1.06. The first kappa shape index (κ1) is 15.5. The standard InChI is InChI=1S/C19H18N4O2/c24-19(20-16-7-3-5-14-4-1-2-6-15(14)16)17-8-9-18(22-21-17)23-10-12-25-13-11-23/h1-9H,10-13H2,(H,20,24). The average molecular weight is 334 g/mol. The number of ether oxygens (including phenoxy) is 1. The Morgan fingerprint density at radius 1 is 0.960 bits per heavy atom. The molecule has 0 bridgehead atoms. The van der Waals surface area contributed by atoms with Crippen LogP contribution in [0.15, 0.2) is 54.6 Å². The van der Waals surface area contributed by atoms with Gasteiger partial charge < -0.3 is 15.0 Å². The second-order valence-corrected chi connectivity index (χ2v) is 5.86. The van der Waals surface area contributed by atoms with E-state index in [-0.39, 0.29) is 5.91 Å². The van der Waals surface area contributed by atoms with Gasteiger partial charge in [0.15, 0.2) is 11.5 Å². The monoisotopic (exact) mass is 334 g/mol. The number of carbonyl (C=O) groups excluding carboxylic acids is 1. The molecule has 0 unspecified atom stereocenters. The van der Waals surface area contributed by atoms with E-state index in [2.05, 4.69) is 20.4 Å². The van der Waals surface area contributed by atoms with E-state index in [1.54, 1.807) is 6.07 Å². The summed E-state index contributed by atoms with van der Waals surface area (Å²) in [7, 11) is 0. The van der Waals surface area contributed by atoms with Crippen molar-refractivity contribution in [2.75, 3.05) is 36.5 Å². The summed E-state index contributed by atoms with van der Waals surface area (Å²) in [5.74, 6) is 0.502. The van der Waals surface area contributed by atoms with E-state index in [1.165, 1.54) is 0 Å². The Morgan fingerprint density at radius 3 is 2.56 bits per heavy atom. The minimum absolute atomic E-state index is 0.266. The number of benzene rings is 2. The quantitative estimate of drug-likeness (QED) is 0.798. The van der Waals surface area contributed by atoms with Gasteiger partial charge in [-0.3, -0.25) is 4.79 Å². The number of fused-ring (bicyclic) bond motifs is 1. The van der Waals surface area contributed by atoms with E-state index < -0.39 is 0 Å². The van der Waals surface area contributed by atoms with Gasteiger partial charge in [0, 0.05) is 24.2 Å². The molecule has 1 aliphatic heterocycles. The maximum Gasteiger partial charge on any atom is 0.276 e. The van der Waals surface area contributed by atoms with Gasteiger partial charge in [0.05, 0.1) is 13.2 Å². The summed E-state index contributed by atoms with van der Waals surface area (Å²) in [6.07, 6.45) is 0. The summed E-state index contributed by atoms with van der Waals surface area (Å²) < 4.78 is 5.33. The summed E-state index contributed by atoms with van der Waals surface area (Å²) in [5, 5.41) is 13.3. The number of aromatic nitrogens is 2. The molecule has 0 spiro atoms. The van der Waals surface area contributed by atoms with E-state index in [1.807, 2.05) is 48.5 Å². The van der Waals surface area contributed by atoms with Crippen LogP contribution < -0.4 is 10.2 Å². The molecule has 0 saturated carbocycles. The fraction of sp³-hybridized carbons (Fsp3) is 0.211. The molecule has 4 rings (SSSR count). The number of carbonyl (C=O) groups is 1. The molecule has 1 saturated heterocycles. The average Bonchev–Trinajstić information content (AvgIpc) is 2.69. The zero-order chi connectivity index (χ0) is 17.1. The Morgan fingerprint density at radius 2 is 1.76 bits per heavy atom. The van der Waals surface area contributed by atoms with Crippen LogP contribution in [-0.2, 0) is 4.74 Å². The van der Waals surface area contributed by atoms with Crippen LogP contribution in [0.5, 0.6) is 0 Å². The third kappa shape index (κ3) is 3.29. The van der Waals surface area contributed by atoms with Crippen LogP contribution in [0.25, 0.3) is 10.8 Å². The Bertz CT molecular complexity index is 884. The minimum atomic E-state index is -0.266. The molecule has 1 amide bonds. The zero-order valence-corrected chi connectivity index (χ0v) is 13.7. The van der Waals surface area contributed by atoms with E-state index in [0.29, 0.717) is 18.9 Å². The number of amides is 1. The van der Waals surface area contributed by atoms with Gasteiger partial charge in [-0.2, -0.15) is 0 Å². The molecule has 1 aromatic heterocycles. The van der Waals surface area contributed by atoms with Crippen molar-refractivity contribution >= 4 is 28.2 Å². The van der Waals surface area contributed by atoms with Crippen LogP contribution in [0.4, 0.5) is 11.5 Å². The lowest BCUT2D eigenvalue weighted by molar-refractivity contribution is 0.102. The van der Waals surface area contributed by atoms with Gasteiger partial charge in [-0.05, 0) is 23.6 Å². The van der Waals surface area contributed by atoms with Crippen LogP contribution in [0, 0.1) is 0 Å². The number of anilines is 2. The Labute approximate surface area is 145 Å². The van der Waals surface area contributed by atoms with Crippen molar-refractivity contribution < 1.29 is 9.53 Å². The lowest BCUT2D eigenvalue weighted by Crippen LogP contribution is -2.37. The predicted molar refractivity (Wildman–Crippen MR) is 97.0 cm³/mol. The molecule has 1 aliphatic rings. The Hall–Kier alpha value is -2.99. The van der Waals surface area contributed by atoms with E-state index >= 15 is 0 Å². The van der Waals surface area contributed by atoms with Gasteiger partial charge >= 0.3 is 0 Å². The van der Waals surface area contributed by atoms with Crippen molar-refractivity contribution in [3.63, 3.8) is 0 Å². The lowest BCUT2D eigenvalue weighted by atomic mass is 10.1. The van der Waals surface area contributed by atoms with Crippen molar-refractivity contribution in [1.82, 2.24) is 10.2 Å². The predicted octanol–water partition coefficient (Wildman–Crippen LogP) is 2.72. The molecule has 2 heterocycles. The van der Waals surface area contributed by atoms with Crippen LogP contribution in [-0.4, -0.2) is 42.4 Å². The molecule has 3 aromatic rings. The molecule has 25 heavy (non-hydrogen) atoms. The van der Waals surface area contributed by atoms with Crippen LogP contribution >= 0.6 is 0 Å². The van der Waals surface area contributed by atoms with Crippen molar-refractivity contribution in [3.8, 4) is 0 Å². The number of rotatable bonds is 3. The van der Waals surface area contributed by atoms with Crippen molar-refractivity contribution in [1.29, 1.82) is 0 Å². The van der Waals surface area contributed by atoms with Crippen LogP contribution in [0.3, 0.4) is 0 Å². The molecule has 0 aliphatic carbocycles. The van der Waals surface area contributed by atoms with Crippen LogP contribution in [0.2, 0.25) is 0 Å². The first-order valence-electron chi connectivity index (χ1n) is 8.27. The normalized spacial score (nSPS) is 14.5. The van der Waals surface area contributed by atoms with Crippen molar-refractivity contribution in [2.45, 2.75) is 0 Å². The number of hydrogen-bond acceptors (Lipinski definition) is 5. The number of morpholine rings is 1. The second kappa shape index (κ2) is 6.86.